The molecular formula is C30H38N2O5. The van der Waals surface area contributed by atoms with Crippen LogP contribution in [-0.4, -0.2) is 69.8 Å². The average Bonchev–Trinajstić information content (AvgIpc) is 3.78. The van der Waals surface area contributed by atoms with Crippen molar-refractivity contribution in [3.05, 3.63) is 47.4 Å². The summed E-state index contributed by atoms with van der Waals surface area (Å²) in [6.07, 6.45) is 8.43. The Morgan fingerprint density at radius 3 is 2.76 bits per heavy atom. The lowest BCUT2D eigenvalue weighted by Crippen LogP contribution is -2.76. The Bertz CT molecular complexity index is 1220. The quantitative estimate of drug-likeness (QED) is 0.639. The van der Waals surface area contributed by atoms with E-state index in [1.807, 2.05) is 24.1 Å². The first-order chi connectivity index (χ1) is 17.8. The number of ether oxygens (including phenoxy) is 1. The zero-order valence-electron chi connectivity index (χ0n) is 22.0. The monoisotopic (exact) mass is 506 g/mol. The smallest absolute Gasteiger partial charge is 0.226 e. The summed E-state index contributed by atoms with van der Waals surface area (Å²) in [6.45, 7) is 6.14. The van der Waals surface area contributed by atoms with E-state index in [0.717, 1.165) is 48.5 Å². The lowest BCUT2D eigenvalue weighted by atomic mass is 9.51. The number of phenolic OH excluding ortho intramolecular Hbond substituents is 1. The Morgan fingerprint density at radius 2 is 2.03 bits per heavy atom. The van der Waals surface area contributed by atoms with Crippen molar-refractivity contribution < 1.29 is 24.2 Å². The predicted molar refractivity (Wildman–Crippen MR) is 138 cm³/mol. The molecular weight excluding hydrogens is 468 g/mol. The predicted octanol–water partition coefficient (Wildman–Crippen LogP) is 3.95. The molecule has 7 atom stereocenters. The van der Waals surface area contributed by atoms with Gasteiger partial charge in [-0.2, -0.15) is 0 Å². The van der Waals surface area contributed by atoms with Crippen LogP contribution in [0.3, 0.4) is 0 Å². The summed E-state index contributed by atoms with van der Waals surface area (Å²) < 4.78 is 11.9. The van der Waals surface area contributed by atoms with Gasteiger partial charge in [-0.1, -0.05) is 6.07 Å². The molecule has 2 unspecified atom stereocenters. The van der Waals surface area contributed by atoms with Crippen molar-refractivity contribution in [3.63, 3.8) is 0 Å². The van der Waals surface area contributed by atoms with Gasteiger partial charge in [-0.25, -0.2) is 0 Å². The van der Waals surface area contributed by atoms with Crippen molar-refractivity contribution in [1.82, 2.24) is 9.80 Å². The maximum absolute atomic E-state index is 13.7. The second kappa shape index (κ2) is 8.00. The van der Waals surface area contributed by atoms with Crippen molar-refractivity contribution in [1.29, 1.82) is 0 Å². The summed E-state index contributed by atoms with van der Waals surface area (Å²) in [4.78, 5) is 18.1. The van der Waals surface area contributed by atoms with E-state index in [0.29, 0.717) is 18.6 Å². The molecule has 7 rings (SSSR count). The highest BCUT2D eigenvalue weighted by molar-refractivity contribution is 5.83. The lowest BCUT2D eigenvalue weighted by Gasteiger charge is -2.62. The molecule has 4 fully saturated rings. The number of aromatic hydroxyl groups is 1. The number of aliphatic hydroxyl groups is 1. The summed E-state index contributed by atoms with van der Waals surface area (Å²) in [7, 11) is 1.90. The maximum atomic E-state index is 13.7. The highest BCUT2D eigenvalue weighted by Gasteiger charge is 2.71. The molecule has 1 aromatic carbocycles. The number of carbonyl (C=O) groups is 1. The molecule has 1 amide bonds. The topological polar surface area (TPSA) is 86.4 Å². The van der Waals surface area contributed by atoms with Crippen LogP contribution >= 0.6 is 0 Å². The fourth-order valence-electron chi connectivity index (χ4n) is 8.23. The molecule has 2 aromatic rings. The second-order valence-electron chi connectivity index (χ2n) is 12.5. The first-order valence-corrected chi connectivity index (χ1v) is 14.0. The molecule has 2 N–H and O–H groups in total. The van der Waals surface area contributed by atoms with Crippen LogP contribution in [0.5, 0.6) is 11.5 Å². The van der Waals surface area contributed by atoms with E-state index in [2.05, 4.69) is 18.7 Å². The Kier molecular flexibility index (Phi) is 5.10. The number of piperidine rings is 1. The Hall–Kier alpha value is -2.51. The third-order valence-corrected chi connectivity index (χ3v) is 10.6. The minimum atomic E-state index is -1.01. The highest BCUT2D eigenvalue weighted by Crippen LogP contribution is 2.63. The number of carbonyl (C=O) groups excluding carboxylic acids is 1. The molecule has 3 heterocycles. The highest BCUT2D eigenvalue weighted by atomic mass is 16.5. The molecule has 5 aliphatic rings. The largest absolute Gasteiger partial charge is 0.504 e. The molecule has 3 aliphatic carbocycles. The third kappa shape index (κ3) is 3.22. The van der Waals surface area contributed by atoms with Crippen LogP contribution in [-0.2, 0) is 10.2 Å². The molecule has 0 radical (unpaired) electrons. The number of amides is 1. The summed E-state index contributed by atoms with van der Waals surface area (Å²) >= 11 is 0. The van der Waals surface area contributed by atoms with Crippen LogP contribution in [0.1, 0.15) is 68.1 Å². The van der Waals surface area contributed by atoms with Crippen molar-refractivity contribution in [2.75, 3.05) is 20.1 Å². The van der Waals surface area contributed by atoms with Gasteiger partial charge in [0.25, 0.3) is 0 Å². The zero-order chi connectivity index (χ0) is 25.7. The SMILES string of the molecule is Cc1ccc(O)c2c1[C@]13CCN(CC4CC4)[C@H](C)[C@]1(O)CC[C@H](N(C)C(=O)C1CC1c1ccoc1)[C@@H]3O2. The van der Waals surface area contributed by atoms with Crippen LogP contribution in [0.2, 0.25) is 0 Å². The Labute approximate surface area is 218 Å². The van der Waals surface area contributed by atoms with Gasteiger partial charge >= 0.3 is 0 Å². The van der Waals surface area contributed by atoms with Crippen molar-refractivity contribution in [3.8, 4) is 11.5 Å². The molecule has 1 spiro atoms. The molecule has 1 saturated heterocycles. The number of fused-ring (bicyclic) bond motifs is 1. The number of phenols is 1. The van der Waals surface area contributed by atoms with Crippen LogP contribution in [0, 0.1) is 18.8 Å². The van der Waals surface area contributed by atoms with Gasteiger partial charge in [0.05, 0.1) is 29.6 Å². The van der Waals surface area contributed by atoms with E-state index in [9.17, 15) is 15.0 Å². The normalized spacial score (nSPS) is 38.3. The van der Waals surface area contributed by atoms with Crippen LogP contribution < -0.4 is 4.74 Å². The maximum Gasteiger partial charge on any atom is 0.226 e. The number of rotatable bonds is 5. The molecule has 1 aromatic heterocycles. The summed E-state index contributed by atoms with van der Waals surface area (Å²) in [6, 6.07) is 5.38. The third-order valence-electron chi connectivity index (χ3n) is 10.6. The van der Waals surface area contributed by atoms with Crippen molar-refractivity contribution in [2.24, 2.45) is 11.8 Å². The zero-order valence-corrected chi connectivity index (χ0v) is 22.0. The number of hydrogen-bond acceptors (Lipinski definition) is 6. The fraction of sp³-hybridized carbons (Fsp3) is 0.633. The van der Waals surface area contributed by atoms with Crippen LogP contribution in [0.15, 0.2) is 35.1 Å². The van der Waals surface area contributed by atoms with Crippen LogP contribution in [0.4, 0.5) is 0 Å². The molecule has 198 valence electrons. The summed E-state index contributed by atoms with van der Waals surface area (Å²) in [5.74, 6) is 1.67. The van der Waals surface area contributed by atoms with E-state index in [4.69, 9.17) is 9.15 Å². The molecule has 7 heteroatoms. The van der Waals surface area contributed by atoms with Gasteiger partial charge in [0.1, 0.15) is 6.10 Å². The molecule has 0 bridgehead atoms. The summed E-state index contributed by atoms with van der Waals surface area (Å²) in [5, 5.41) is 23.6. The van der Waals surface area contributed by atoms with Gasteiger partial charge in [0.2, 0.25) is 5.91 Å². The number of aryl methyl sites for hydroxylation is 1. The first kappa shape index (κ1) is 23.6. The molecule has 37 heavy (non-hydrogen) atoms. The van der Waals surface area contributed by atoms with E-state index >= 15 is 0 Å². The Balaban J connectivity index is 1.25. The number of nitrogens with zero attached hydrogens (tertiary/aromatic N) is 2. The number of hydrogen-bond donors (Lipinski definition) is 2. The van der Waals surface area contributed by atoms with Crippen LogP contribution in [0.25, 0.3) is 0 Å². The van der Waals surface area contributed by atoms with Gasteiger partial charge in [0, 0.05) is 31.1 Å². The Morgan fingerprint density at radius 1 is 1.22 bits per heavy atom. The van der Waals surface area contributed by atoms with Gasteiger partial charge in [-0.05, 0) is 94.0 Å². The average molecular weight is 507 g/mol. The number of likely N-dealkylation sites (N-methyl/N-ethyl adjacent to an activating group) is 1. The summed E-state index contributed by atoms with van der Waals surface area (Å²) in [5.41, 5.74) is 1.39. The lowest BCUT2D eigenvalue weighted by molar-refractivity contribution is -0.192. The van der Waals surface area contributed by atoms with Crippen molar-refractivity contribution in [2.45, 2.75) is 87.5 Å². The molecule has 3 saturated carbocycles. The van der Waals surface area contributed by atoms with E-state index in [1.165, 1.54) is 12.8 Å². The number of likely N-dealkylation sites (tertiary alicyclic amines) is 1. The van der Waals surface area contributed by atoms with Gasteiger partial charge < -0.3 is 24.3 Å². The fourth-order valence-corrected chi connectivity index (χ4v) is 8.23. The number of benzene rings is 1. The molecule has 2 aliphatic heterocycles. The van der Waals surface area contributed by atoms with E-state index in [-0.39, 0.29) is 35.6 Å². The second-order valence-corrected chi connectivity index (χ2v) is 12.5. The van der Waals surface area contributed by atoms with Gasteiger partial charge in [0.15, 0.2) is 11.5 Å². The van der Waals surface area contributed by atoms with E-state index in [1.54, 1.807) is 18.6 Å². The molecule has 7 nitrogen and oxygen atoms in total. The van der Waals surface area contributed by atoms with Gasteiger partial charge in [-0.15, -0.1) is 0 Å². The number of furan rings is 1. The minimum absolute atomic E-state index is 0.0310. The van der Waals surface area contributed by atoms with Gasteiger partial charge in [-0.3, -0.25) is 9.69 Å². The van der Waals surface area contributed by atoms with Crippen molar-refractivity contribution >= 4 is 5.91 Å². The van der Waals surface area contributed by atoms with E-state index < -0.39 is 17.1 Å². The standard InChI is InChI=1S/C30H38N2O5/c1-17-4-7-24(33)26-25(17)29-11-12-32(15-19-5-6-19)18(2)30(29,35)10-8-23(27(29)37-26)31(3)28(34)22-14-21(22)20-9-13-36-16-20/h4,7,9,13,16,18-19,21-23,27,33,35H,5-6,8,10-12,14-15H2,1-3H3/t18-,21?,22?,23+,27+,29+,30-/m1/s1. The minimum Gasteiger partial charge on any atom is -0.504 e. The first-order valence-electron chi connectivity index (χ1n) is 14.0.